The lowest BCUT2D eigenvalue weighted by molar-refractivity contribution is 0.464. The largest absolute Gasteiger partial charge is 0.340 e. The molecule has 0 fully saturated rings. The minimum absolute atomic E-state index is 0.0364. The van der Waals surface area contributed by atoms with Crippen molar-refractivity contribution < 1.29 is 4.39 Å². The topological polar surface area (TPSA) is 53.9 Å². The van der Waals surface area contributed by atoms with Gasteiger partial charge < -0.3 is 5.32 Å². The Bertz CT molecular complexity index is 1300. The Kier molecular flexibility index (Phi) is 6.08. The van der Waals surface area contributed by atoms with E-state index in [4.69, 9.17) is 21.6 Å². The van der Waals surface area contributed by atoms with Crippen molar-refractivity contribution in [1.29, 1.82) is 0 Å². The Morgan fingerprint density at radius 3 is 2.71 bits per heavy atom. The van der Waals surface area contributed by atoms with Crippen LogP contribution in [0, 0.1) is 17.7 Å². The summed E-state index contributed by atoms with van der Waals surface area (Å²) in [6.07, 6.45) is 3.41. The van der Waals surface area contributed by atoms with Gasteiger partial charge in [-0.3, -0.25) is 9.88 Å². The number of nitrogens with zero attached hydrogens (tertiary/aromatic N) is 4. The summed E-state index contributed by atoms with van der Waals surface area (Å²) in [5, 5.41) is 4.09. The highest BCUT2D eigenvalue weighted by Gasteiger charge is 2.11. The number of aromatic nitrogens is 3. The van der Waals surface area contributed by atoms with Gasteiger partial charge in [-0.2, -0.15) is 0 Å². The lowest BCUT2D eigenvalue weighted by Gasteiger charge is -2.12. The maximum Gasteiger partial charge on any atom is 0.163 e. The summed E-state index contributed by atoms with van der Waals surface area (Å²) >= 11 is 5.94. The molecule has 0 aliphatic rings. The predicted molar refractivity (Wildman–Crippen MR) is 123 cm³/mol. The van der Waals surface area contributed by atoms with Crippen LogP contribution < -0.4 is 5.32 Å². The van der Waals surface area contributed by atoms with Gasteiger partial charge in [0.2, 0.25) is 0 Å². The third-order valence-electron chi connectivity index (χ3n) is 4.43. The highest BCUT2D eigenvalue weighted by atomic mass is 35.5. The van der Waals surface area contributed by atoms with E-state index >= 15 is 0 Å². The monoisotopic (exact) mass is 431 g/mol. The number of pyridine rings is 1. The maximum absolute atomic E-state index is 13.6. The van der Waals surface area contributed by atoms with E-state index in [2.05, 4.69) is 22.1 Å². The zero-order valence-electron chi connectivity index (χ0n) is 17.0. The predicted octanol–water partition coefficient (Wildman–Crippen LogP) is 5.14. The average Bonchev–Trinajstić information content (AvgIpc) is 2.76. The van der Waals surface area contributed by atoms with Crippen LogP contribution in [0.2, 0.25) is 5.02 Å². The van der Waals surface area contributed by atoms with Crippen molar-refractivity contribution in [3.63, 3.8) is 0 Å². The Labute approximate surface area is 184 Å². The lowest BCUT2D eigenvalue weighted by atomic mass is 10.1. The molecule has 0 atom stereocenters. The molecule has 7 heteroatoms. The molecule has 154 valence electrons. The van der Waals surface area contributed by atoms with Crippen molar-refractivity contribution in [2.24, 2.45) is 0 Å². The highest BCUT2D eigenvalue weighted by Crippen LogP contribution is 2.29. The summed E-state index contributed by atoms with van der Waals surface area (Å²) in [6.45, 7) is 0.668. The second-order valence-corrected chi connectivity index (χ2v) is 7.57. The van der Waals surface area contributed by atoms with Crippen LogP contribution >= 0.6 is 11.6 Å². The van der Waals surface area contributed by atoms with Gasteiger partial charge in [0.1, 0.15) is 11.6 Å². The van der Waals surface area contributed by atoms with Gasteiger partial charge in [0.25, 0.3) is 0 Å². The molecule has 0 saturated heterocycles. The fourth-order valence-electron chi connectivity index (χ4n) is 2.94. The normalized spacial score (nSPS) is 10.7. The van der Waals surface area contributed by atoms with Crippen LogP contribution in [0.1, 0.15) is 5.56 Å². The second-order valence-electron chi connectivity index (χ2n) is 7.16. The third kappa shape index (κ3) is 4.97. The van der Waals surface area contributed by atoms with Crippen LogP contribution in [0.5, 0.6) is 0 Å². The summed E-state index contributed by atoms with van der Waals surface area (Å²) in [5.74, 6) is 6.93. The van der Waals surface area contributed by atoms with Crippen molar-refractivity contribution in [2.75, 3.05) is 26.0 Å². The van der Waals surface area contributed by atoms with Gasteiger partial charge in [0, 0.05) is 34.6 Å². The number of hydrogen-bond acceptors (Lipinski definition) is 5. The van der Waals surface area contributed by atoms with Gasteiger partial charge in [0.05, 0.1) is 17.1 Å². The standard InChI is InChI=1S/C24H19ClFN5/c1-31(2)12-4-5-16-7-9-19-22(13-16)29-23(17-6-3-11-27-15-17)30-24(19)28-18-8-10-21(26)20(25)14-18/h3,6-11,13-15H,12H2,1-2H3,(H,28,29,30). The fourth-order valence-corrected chi connectivity index (χ4v) is 3.12. The molecule has 5 nitrogen and oxygen atoms in total. The quantitative estimate of drug-likeness (QED) is 0.453. The van der Waals surface area contributed by atoms with Crippen molar-refractivity contribution in [3.8, 4) is 23.2 Å². The Hall–Kier alpha value is -3.53. The third-order valence-corrected chi connectivity index (χ3v) is 4.72. The van der Waals surface area contributed by atoms with Gasteiger partial charge in [0.15, 0.2) is 5.82 Å². The molecular formula is C24H19ClFN5. The first kappa shape index (κ1) is 20.7. The first-order valence-corrected chi connectivity index (χ1v) is 9.95. The summed E-state index contributed by atoms with van der Waals surface area (Å²) in [6, 6.07) is 14.0. The number of hydrogen-bond donors (Lipinski definition) is 1. The molecule has 0 aliphatic heterocycles. The van der Waals surface area contributed by atoms with Crippen molar-refractivity contribution in [1.82, 2.24) is 19.9 Å². The van der Waals surface area contributed by atoms with Crippen LogP contribution in [0.4, 0.5) is 15.9 Å². The fraction of sp³-hybridized carbons (Fsp3) is 0.125. The van der Waals surface area contributed by atoms with Crippen LogP contribution in [-0.4, -0.2) is 40.5 Å². The smallest absolute Gasteiger partial charge is 0.163 e. The van der Waals surface area contributed by atoms with Gasteiger partial charge in [-0.25, -0.2) is 14.4 Å². The van der Waals surface area contributed by atoms with Crippen LogP contribution in [0.15, 0.2) is 60.9 Å². The average molecular weight is 432 g/mol. The van der Waals surface area contributed by atoms with E-state index in [1.54, 1.807) is 18.5 Å². The highest BCUT2D eigenvalue weighted by molar-refractivity contribution is 6.31. The number of rotatable bonds is 4. The SMILES string of the molecule is CN(C)CC#Cc1ccc2c(Nc3ccc(F)c(Cl)c3)nc(-c3cccnc3)nc2c1. The zero-order valence-corrected chi connectivity index (χ0v) is 17.8. The summed E-state index contributed by atoms with van der Waals surface area (Å²) in [5.41, 5.74) is 3.01. The molecule has 0 aliphatic carbocycles. The van der Waals surface area contributed by atoms with E-state index in [0.29, 0.717) is 23.9 Å². The van der Waals surface area contributed by atoms with Crippen molar-refractivity contribution in [2.45, 2.75) is 0 Å². The summed E-state index contributed by atoms with van der Waals surface area (Å²) in [4.78, 5) is 15.6. The molecule has 0 spiro atoms. The lowest BCUT2D eigenvalue weighted by Crippen LogP contribution is -2.10. The van der Waals surface area contributed by atoms with Crippen LogP contribution in [0.25, 0.3) is 22.3 Å². The first-order valence-electron chi connectivity index (χ1n) is 9.57. The van der Waals surface area contributed by atoms with Crippen molar-refractivity contribution >= 4 is 34.0 Å². The number of anilines is 2. The molecule has 0 saturated carbocycles. The second kappa shape index (κ2) is 9.09. The minimum atomic E-state index is -0.475. The minimum Gasteiger partial charge on any atom is -0.340 e. The molecule has 2 aromatic carbocycles. The molecule has 0 unspecified atom stereocenters. The van der Waals surface area contributed by atoms with Crippen LogP contribution in [0.3, 0.4) is 0 Å². The molecule has 4 rings (SSSR count). The molecule has 0 radical (unpaired) electrons. The molecule has 2 aromatic heterocycles. The van der Waals surface area contributed by atoms with Crippen LogP contribution in [-0.2, 0) is 0 Å². The van der Waals surface area contributed by atoms with E-state index < -0.39 is 5.82 Å². The van der Waals surface area contributed by atoms with Gasteiger partial charge >= 0.3 is 0 Å². The molecule has 4 aromatic rings. The van der Waals surface area contributed by atoms with E-state index in [0.717, 1.165) is 22.0 Å². The van der Waals surface area contributed by atoms with E-state index in [9.17, 15) is 4.39 Å². The Morgan fingerprint density at radius 1 is 1.10 bits per heavy atom. The molecule has 31 heavy (non-hydrogen) atoms. The molecule has 2 heterocycles. The van der Waals surface area contributed by atoms with Crippen molar-refractivity contribution in [3.05, 3.63) is 77.3 Å². The summed E-state index contributed by atoms with van der Waals surface area (Å²) < 4.78 is 13.6. The zero-order chi connectivity index (χ0) is 21.8. The van der Waals surface area contributed by atoms with Gasteiger partial charge in [-0.15, -0.1) is 0 Å². The summed E-state index contributed by atoms with van der Waals surface area (Å²) in [7, 11) is 3.95. The van der Waals surface area contributed by atoms with Gasteiger partial charge in [-0.1, -0.05) is 23.4 Å². The van der Waals surface area contributed by atoms with Gasteiger partial charge in [-0.05, 0) is 62.6 Å². The number of nitrogens with one attached hydrogen (secondary N) is 1. The number of halogens is 2. The molecular weight excluding hydrogens is 413 g/mol. The maximum atomic E-state index is 13.6. The Balaban J connectivity index is 1.82. The Morgan fingerprint density at radius 2 is 1.97 bits per heavy atom. The number of fused-ring (bicyclic) bond motifs is 1. The molecule has 1 N–H and O–H groups in total. The molecule has 0 amide bonds. The molecule has 0 bridgehead atoms. The first-order chi connectivity index (χ1) is 15.0. The number of benzene rings is 2. The van der Waals surface area contributed by atoms with E-state index in [-0.39, 0.29) is 5.02 Å². The van der Waals surface area contributed by atoms with E-state index in [1.807, 2.05) is 49.3 Å². The van der Waals surface area contributed by atoms with E-state index in [1.165, 1.54) is 12.1 Å².